The second-order valence-corrected chi connectivity index (χ2v) is 7.89. The first kappa shape index (κ1) is 18.5. The average molecular weight is 372 g/mol. The number of carbonyl (C=O) groups excluding carboxylic acids is 2. The summed E-state index contributed by atoms with van der Waals surface area (Å²) in [5, 5.41) is 7.70. The lowest BCUT2D eigenvalue weighted by Gasteiger charge is -2.30. The molecule has 0 radical (unpaired) electrons. The summed E-state index contributed by atoms with van der Waals surface area (Å²) in [6.45, 7) is 0.629. The molecule has 1 aliphatic carbocycles. The molecule has 0 spiro atoms. The quantitative estimate of drug-likeness (QED) is 0.696. The molecule has 0 saturated heterocycles. The lowest BCUT2D eigenvalue weighted by molar-refractivity contribution is -0.121. The smallest absolute Gasteiger partial charge is 0.312 e. The minimum atomic E-state index is -0.618. The SMILES string of the molecule is NC(=O)NC(CC(=O)NCC1(c2ccccc2)CCCC1)c1cccs1. The Kier molecular flexibility index (Phi) is 5.93. The normalized spacial score (nSPS) is 16.8. The van der Waals surface area contributed by atoms with E-state index in [1.165, 1.54) is 29.7 Å². The zero-order chi connectivity index (χ0) is 18.4. The fraction of sp³-hybridized carbons (Fsp3) is 0.400. The number of amides is 3. The van der Waals surface area contributed by atoms with Gasteiger partial charge in [-0.2, -0.15) is 0 Å². The summed E-state index contributed by atoms with van der Waals surface area (Å²) < 4.78 is 0. The molecular formula is C20H25N3O2S. The summed E-state index contributed by atoms with van der Waals surface area (Å²) in [4.78, 5) is 24.8. The Balaban J connectivity index is 1.64. The molecule has 138 valence electrons. The van der Waals surface area contributed by atoms with Crippen molar-refractivity contribution in [1.82, 2.24) is 10.6 Å². The first-order chi connectivity index (χ1) is 12.6. The molecule has 3 amide bonds. The van der Waals surface area contributed by atoms with Crippen LogP contribution >= 0.6 is 11.3 Å². The number of benzene rings is 1. The van der Waals surface area contributed by atoms with E-state index in [9.17, 15) is 9.59 Å². The first-order valence-electron chi connectivity index (χ1n) is 9.01. The highest BCUT2D eigenvalue weighted by Gasteiger charge is 2.35. The lowest BCUT2D eigenvalue weighted by Crippen LogP contribution is -2.41. The summed E-state index contributed by atoms with van der Waals surface area (Å²) in [7, 11) is 0. The van der Waals surface area contributed by atoms with Crippen LogP contribution in [-0.4, -0.2) is 18.5 Å². The van der Waals surface area contributed by atoms with E-state index in [1.54, 1.807) is 0 Å². The van der Waals surface area contributed by atoms with Crippen molar-refractivity contribution in [2.45, 2.75) is 43.6 Å². The fourth-order valence-electron chi connectivity index (χ4n) is 3.82. The van der Waals surface area contributed by atoms with Crippen molar-refractivity contribution >= 4 is 23.3 Å². The fourth-order valence-corrected chi connectivity index (χ4v) is 4.60. The number of primary amides is 1. The van der Waals surface area contributed by atoms with Gasteiger partial charge >= 0.3 is 6.03 Å². The van der Waals surface area contributed by atoms with E-state index in [0.717, 1.165) is 17.7 Å². The Morgan fingerprint density at radius 3 is 2.46 bits per heavy atom. The van der Waals surface area contributed by atoms with Crippen LogP contribution in [0.15, 0.2) is 47.8 Å². The molecule has 1 aliphatic rings. The predicted molar refractivity (Wildman–Crippen MR) is 104 cm³/mol. The van der Waals surface area contributed by atoms with Crippen LogP contribution in [0, 0.1) is 0 Å². The van der Waals surface area contributed by atoms with E-state index < -0.39 is 6.03 Å². The van der Waals surface area contributed by atoms with E-state index in [1.807, 2.05) is 23.6 Å². The topological polar surface area (TPSA) is 84.2 Å². The molecule has 1 heterocycles. The third kappa shape index (κ3) is 4.43. The number of carbonyl (C=O) groups is 2. The van der Waals surface area contributed by atoms with Gasteiger partial charge in [0.25, 0.3) is 0 Å². The summed E-state index contributed by atoms with van der Waals surface area (Å²) >= 11 is 1.50. The van der Waals surface area contributed by atoms with Crippen LogP contribution < -0.4 is 16.4 Å². The molecule has 2 aromatic rings. The maximum atomic E-state index is 12.6. The molecular weight excluding hydrogens is 346 g/mol. The van der Waals surface area contributed by atoms with Crippen LogP contribution in [0.4, 0.5) is 4.79 Å². The van der Waals surface area contributed by atoms with Gasteiger partial charge in [-0.1, -0.05) is 49.2 Å². The molecule has 5 nitrogen and oxygen atoms in total. The largest absolute Gasteiger partial charge is 0.355 e. The Bertz CT molecular complexity index is 725. The van der Waals surface area contributed by atoms with Gasteiger partial charge in [0.2, 0.25) is 5.91 Å². The van der Waals surface area contributed by atoms with E-state index in [4.69, 9.17) is 5.73 Å². The third-order valence-electron chi connectivity index (χ3n) is 5.16. The van der Waals surface area contributed by atoms with Gasteiger partial charge in [-0.15, -0.1) is 11.3 Å². The first-order valence-corrected chi connectivity index (χ1v) is 9.89. The molecule has 0 aliphatic heterocycles. The Morgan fingerprint density at radius 1 is 1.12 bits per heavy atom. The van der Waals surface area contributed by atoms with Crippen molar-refractivity contribution in [2.75, 3.05) is 6.54 Å². The van der Waals surface area contributed by atoms with E-state index >= 15 is 0 Å². The van der Waals surface area contributed by atoms with Crippen molar-refractivity contribution in [3.8, 4) is 0 Å². The van der Waals surface area contributed by atoms with E-state index in [-0.39, 0.29) is 23.8 Å². The van der Waals surface area contributed by atoms with Gasteiger partial charge in [0.15, 0.2) is 0 Å². The number of hydrogen-bond donors (Lipinski definition) is 3. The summed E-state index contributed by atoms with van der Waals surface area (Å²) in [5.41, 5.74) is 6.58. The van der Waals surface area contributed by atoms with E-state index in [2.05, 4.69) is 34.9 Å². The number of rotatable bonds is 7. The number of thiophene rings is 1. The maximum Gasteiger partial charge on any atom is 0.312 e. The molecule has 1 saturated carbocycles. The van der Waals surface area contributed by atoms with Crippen LogP contribution in [0.25, 0.3) is 0 Å². The van der Waals surface area contributed by atoms with Crippen molar-refractivity contribution in [3.05, 3.63) is 58.3 Å². The number of urea groups is 1. The van der Waals surface area contributed by atoms with Crippen LogP contribution in [0.5, 0.6) is 0 Å². The standard InChI is InChI=1S/C20H25N3O2S/c21-19(25)23-16(17-9-6-12-26-17)13-18(24)22-14-20(10-4-5-11-20)15-7-2-1-3-8-15/h1-3,6-9,12,16H,4-5,10-11,13-14H2,(H,22,24)(H3,21,23,25). The van der Waals surface area contributed by atoms with Gasteiger partial charge < -0.3 is 16.4 Å². The van der Waals surface area contributed by atoms with Crippen molar-refractivity contribution in [1.29, 1.82) is 0 Å². The third-order valence-corrected chi connectivity index (χ3v) is 6.15. The van der Waals surface area contributed by atoms with Crippen molar-refractivity contribution < 1.29 is 9.59 Å². The van der Waals surface area contributed by atoms with Crippen LogP contribution in [-0.2, 0) is 10.2 Å². The van der Waals surface area contributed by atoms with Gasteiger partial charge in [-0.3, -0.25) is 4.79 Å². The summed E-state index contributed by atoms with van der Waals surface area (Å²) in [5.74, 6) is -0.0700. The number of nitrogens with two attached hydrogens (primary N) is 1. The summed E-state index contributed by atoms with van der Waals surface area (Å²) in [6, 6.07) is 13.2. The van der Waals surface area contributed by atoms with E-state index in [0.29, 0.717) is 6.54 Å². The number of hydrogen-bond acceptors (Lipinski definition) is 3. The zero-order valence-electron chi connectivity index (χ0n) is 14.7. The predicted octanol–water partition coefficient (Wildman–Crippen LogP) is 3.48. The van der Waals surface area contributed by atoms with Crippen LogP contribution in [0.2, 0.25) is 0 Å². The molecule has 4 N–H and O–H groups in total. The zero-order valence-corrected chi connectivity index (χ0v) is 15.6. The van der Waals surface area contributed by atoms with Crippen LogP contribution in [0.1, 0.15) is 48.6 Å². The van der Waals surface area contributed by atoms with Gasteiger partial charge in [0.1, 0.15) is 0 Å². The highest BCUT2D eigenvalue weighted by Crippen LogP contribution is 2.40. The van der Waals surface area contributed by atoms with Crippen LogP contribution in [0.3, 0.4) is 0 Å². The van der Waals surface area contributed by atoms with Crippen molar-refractivity contribution in [2.24, 2.45) is 5.73 Å². The molecule has 6 heteroatoms. The second kappa shape index (κ2) is 8.36. The summed E-state index contributed by atoms with van der Waals surface area (Å²) in [6.07, 6.45) is 4.74. The van der Waals surface area contributed by atoms with Gasteiger partial charge in [-0.05, 0) is 29.9 Å². The van der Waals surface area contributed by atoms with Gasteiger partial charge in [0, 0.05) is 16.8 Å². The number of nitrogens with one attached hydrogen (secondary N) is 2. The van der Waals surface area contributed by atoms with Crippen molar-refractivity contribution in [3.63, 3.8) is 0 Å². The highest BCUT2D eigenvalue weighted by molar-refractivity contribution is 7.10. The maximum absolute atomic E-state index is 12.6. The average Bonchev–Trinajstić information content (AvgIpc) is 3.32. The van der Waals surface area contributed by atoms with Gasteiger partial charge in [0.05, 0.1) is 12.5 Å². The molecule has 1 aromatic heterocycles. The molecule has 26 heavy (non-hydrogen) atoms. The van der Waals surface area contributed by atoms with Gasteiger partial charge in [-0.25, -0.2) is 4.79 Å². The monoisotopic (exact) mass is 371 g/mol. The highest BCUT2D eigenvalue weighted by atomic mass is 32.1. The Hall–Kier alpha value is -2.34. The lowest BCUT2D eigenvalue weighted by atomic mass is 9.79. The minimum Gasteiger partial charge on any atom is -0.355 e. The molecule has 3 rings (SSSR count). The Labute approximate surface area is 158 Å². The molecule has 0 bridgehead atoms. The second-order valence-electron chi connectivity index (χ2n) is 6.91. The Morgan fingerprint density at radius 2 is 1.85 bits per heavy atom. The molecule has 1 fully saturated rings. The molecule has 1 unspecified atom stereocenters. The molecule has 1 atom stereocenters. The molecule has 1 aromatic carbocycles. The minimum absolute atomic E-state index is 0.0203.